The van der Waals surface area contributed by atoms with Crippen molar-refractivity contribution in [3.63, 3.8) is 0 Å². The van der Waals surface area contributed by atoms with Crippen molar-refractivity contribution < 1.29 is 4.74 Å². The zero-order valence-corrected chi connectivity index (χ0v) is 14.0. The Labute approximate surface area is 133 Å². The average molecular weight is 308 g/mol. The first-order chi connectivity index (χ1) is 9.95. The van der Waals surface area contributed by atoms with Gasteiger partial charge in [0.15, 0.2) is 0 Å². The van der Waals surface area contributed by atoms with Gasteiger partial charge in [0.05, 0.1) is 23.4 Å². The number of para-hydroxylation sites is 1. The minimum absolute atomic E-state index is 0.349. The molecule has 2 nitrogen and oxygen atoms in total. The highest BCUT2D eigenvalue weighted by Gasteiger charge is 2.61. The van der Waals surface area contributed by atoms with Crippen molar-refractivity contribution in [2.75, 3.05) is 18.5 Å². The molecule has 3 heteroatoms. The normalized spacial score (nSPS) is 33.3. The largest absolute Gasteiger partial charge is 0.382 e. The third kappa shape index (κ3) is 2.47. The molecule has 0 radical (unpaired) electrons. The molecule has 2 fully saturated rings. The summed E-state index contributed by atoms with van der Waals surface area (Å²) in [6.07, 6.45) is 4.34. The molecule has 3 atom stereocenters. The standard InChI is InChI=1S/C18H26ClNO/c1-17(2)13-8-9-18(17,3)16(12-13)21-11-10-20-15-7-5-4-6-14(15)19/h4-7,13,16,20H,8-12H2,1-3H3. The van der Waals surface area contributed by atoms with E-state index < -0.39 is 0 Å². The van der Waals surface area contributed by atoms with Crippen LogP contribution in [0.4, 0.5) is 5.69 Å². The third-order valence-electron chi connectivity index (χ3n) is 6.32. The Morgan fingerprint density at radius 3 is 2.67 bits per heavy atom. The molecule has 2 aliphatic rings. The van der Waals surface area contributed by atoms with Gasteiger partial charge in [-0.2, -0.15) is 0 Å². The first-order valence-corrected chi connectivity index (χ1v) is 8.43. The van der Waals surface area contributed by atoms with Crippen LogP contribution in [0.3, 0.4) is 0 Å². The van der Waals surface area contributed by atoms with Crippen molar-refractivity contribution in [1.29, 1.82) is 0 Å². The topological polar surface area (TPSA) is 21.3 Å². The molecule has 0 heterocycles. The quantitative estimate of drug-likeness (QED) is 0.774. The van der Waals surface area contributed by atoms with E-state index in [1.54, 1.807) is 0 Å². The maximum atomic E-state index is 6.23. The summed E-state index contributed by atoms with van der Waals surface area (Å²) in [6.45, 7) is 8.83. The summed E-state index contributed by atoms with van der Waals surface area (Å²) in [6, 6.07) is 7.85. The van der Waals surface area contributed by atoms with Crippen LogP contribution in [0.2, 0.25) is 5.02 Å². The second-order valence-corrected chi connectivity index (χ2v) is 7.78. The molecule has 1 aromatic rings. The number of hydrogen-bond acceptors (Lipinski definition) is 2. The van der Waals surface area contributed by atoms with Gasteiger partial charge in [-0.1, -0.05) is 44.5 Å². The van der Waals surface area contributed by atoms with Crippen LogP contribution in [0.15, 0.2) is 24.3 Å². The summed E-state index contributed by atoms with van der Waals surface area (Å²) in [4.78, 5) is 0. The van der Waals surface area contributed by atoms with Crippen LogP contribution in [-0.4, -0.2) is 19.3 Å². The Morgan fingerprint density at radius 2 is 2.05 bits per heavy atom. The predicted molar refractivity (Wildman–Crippen MR) is 88.9 cm³/mol. The summed E-state index contributed by atoms with van der Waals surface area (Å²) >= 11 is 6.14. The molecule has 0 saturated heterocycles. The minimum atomic E-state index is 0.349. The fourth-order valence-corrected chi connectivity index (χ4v) is 4.58. The molecule has 2 saturated carbocycles. The van der Waals surface area contributed by atoms with E-state index in [9.17, 15) is 0 Å². The van der Waals surface area contributed by atoms with E-state index in [1.807, 2.05) is 24.3 Å². The molecular weight excluding hydrogens is 282 g/mol. The van der Waals surface area contributed by atoms with Crippen LogP contribution >= 0.6 is 11.6 Å². The molecule has 2 bridgehead atoms. The van der Waals surface area contributed by atoms with Gasteiger partial charge in [-0.15, -0.1) is 0 Å². The van der Waals surface area contributed by atoms with Crippen molar-refractivity contribution in [1.82, 2.24) is 0 Å². The van der Waals surface area contributed by atoms with Crippen LogP contribution < -0.4 is 5.32 Å². The maximum Gasteiger partial charge on any atom is 0.0643 e. The first-order valence-electron chi connectivity index (χ1n) is 8.05. The smallest absolute Gasteiger partial charge is 0.0643 e. The molecule has 3 unspecified atom stereocenters. The molecule has 1 aromatic carbocycles. The highest BCUT2D eigenvalue weighted by atomic mass is 35.5. The Morgan fingerprint density at radius 1 is 1.29 bits per heavy atom. The molecule has 1 N–H and O–H groups in total. The van der Waals surface area contributed by atoms with Gasteiger partial charge < -0.3 is 10.1 Å². The molecule has 0 spiro atoms. The summed E-state index contributed by atoms with van der Waals surface area (Å²) in [5.41, 5.74) is 1.76. The Balaban J connectivity index is 1.50. The number of rotatable bonds is 5. The number of anilines is 1. The van der Waals surface area contributed by atoms with Gasteiger partial charge in [-0.25, -0.2) is 0 Å². The van der Waals surface area contributed by atoms with E-state index in [0.717, 1.165) is 29.8 Å². The van der Waals surface area contributed by atoms with Gasteiger partial charge in [0.25, 0.3) is 0 Å². The average Bonchev–Trinajstić information content (AvgIpc) is 2.78. The van der Waals surface area contributed by atoms with E-state index in [2.05, 4.69) is 26.1 Å². The van der Waals surface area contributed by atoms with Crippen LogP contribution in [0.25, 0.3) is 0 Å². The zero-order valence-electron chi connectivity index (χ0n) is 13.3. The van der Waals surface area contributed by atoms with Crippen molar-refractivity contribution >= 4 is 17.3 Å². The van der Waals surface area contributed by atoms with E-state index in [1.165, 1.54) is 19.3 Å². The second kappa shape index (κ2) is 5.48. The van der Waals surface area contributed by atoms with E-state index >= 15 is 0 Å². The van der Waals surface area contributed by atoms with Crippen molar-refractivity contribution in [3.05, 3.63) is 29.3 Å². The molecule has 3 rings (SSSR count). The lowest BCUT2D eigenvalue weighted by molar-refractivity contribution is -0.0425. The minimum Gasteiger partial charge on any atom is -0.382 e. The molecule has 116 valence electrons. The summed E-state index contributed by atoms with van der Waals surface area (Å²) < 4.78 is 6.23. The lowest BCUT2D eigenvalue weighted by Gasteiger charge is -2.39. The fourth-order valence-electron chi connectivity index (χ4n) is 4.37. The number of fused-ring (bicyclic) bond motifs is 2. The van der Waals surface area contributed by atoms with Crippen LogP contribution in [0, 0.1) is 16.7 Å². The highest BCUT2D eigenvalue weighted by Crippen LogP contribution is 2.66. The molecule has 0 aromatic heterocycles. The number of nitrogens with one attached hydrogen (secondary N) is 1. The van der Waals surface area contributed by atoms with Crippen molar-refractivity contribution in [2.45, 2.75) is 46.1 Å². The number of ether oxygens (including phenoxy) is 1. The lowest BCUT2D eigenvalue weighted by Crippen LogP contribution is -2.37. The Bertz CT molecular complexity index is 516. The number of hydrogen-bond donors (Lipinski definition) is 1. The molecular formula is C18H26ClNO. The SMILES string of the molecule is CC1(C)C2CCC1(C)C(OCCNc1ccccc1Cl)C2. The van der Waals surface area contributed by atoms with E-state index in [0.29, 0.717) is 16.9 Å². The second-order valence-electron chi connectivity index (χ2n) is 7.38. The number of benzene rings is 1. The third-order valence-corrected chi connectivity index (χ3v) is 6.65. The fraction of sp³-hybridized carbons (Fsp3) is 0.667. The predicted octanol–water partition coefficient (Wildman–Crippen LogP) is 4.98. The van der Waals surface area contributed by atoms with Gasteiger partial charge in [0.2, 0.25) is 0 Å². The van der Waals surface area contributed by atoms with Gasteiger partial charge in [-0.3, -0.25) is 0 Å². The van der Waals surface area contributed by atoms with Crippen molar-refractivity contribution in [3.8, 4) is 0 Å². The van der Waals surface area contributed by atoms with Gasteiger partial charge in [-0.05, 0) is 48.1 Å². The Hall–Kier alpha value is -0.730. The first kappa shape index (κ1) is 15.2. The van der Waals surface area contributed by atoms with Gasteiger partial charge in [0.1, 0.15) is 0 Å². The summed E-state index contributed by atoms with van der Waals surface area (Å²) in [7, 11) is 0. The van der Waals surface area contributed by atoms with Crippen LogP contribution in [0.1, 0.15) is 40.0 Å². The lowest BCUT2D eigenvalue weighted by atomic mass is 9.70. The molecule has 21 heavy (non-hydrogen) atoms. The molecule has 2 aliphatic carbocycles. The zero-order chi connectivity index (χ0) is 15.1. The van der Waals surface area contributed by atoms with Gasteiger partial charge in [0, 0.05) is 6.54 Å². The van der Waals surface area contributed by atoms with Crippen LogP contribution in [-0.2, 0) is 4.74 Å². The van der Waals surface area contributed by atoms with E-state index in [-0.39, 0.29) is 0 Å². The molecule has 0 amide bonds. The Kier molecular flexibility index (Phi) is 3.96. The van der Waals surface area contributed by atoms with Gasteiger partial charge >= 0.3 is 0 Å². The maximum absolute atomic E-state index is 6.23. The summed E-state index contributed by atoms with van der Waals surface area (Å²) in [5.74, 6) is 0.837. The number of halogens is 1. The summed E-state index contributed by atoms with van der Waals surface area (Å²) in [5, 5.41) is 4.13. The molecule has 0 aliphatic heterocycles. The monoisotopic (exact) mass is 307 g/mol. The highest BCUT2D eigenvalue weighted by molar-refractivity contribution is 6.33. The van der Waals surface area contributed by atoms with Crippen LogP contribution in [0.5, 0.6) is 0 Å². The van der Waals surface area contributed by atoms with Crippen molar-refractivity contribution in [2.24, 2.45) is 16.7 Å². The van der Waals surface area contributed by atoms with E-state index in [4.69, 9.17) is 16.3 Å².